The summed E-state index contributed by atoms with van der Waals surface area (Å²) in [5.74, 6) is 2.05. The average molecular weight is 158 g/mol. The third kappa shape index (κ3) is 0.876. The van der Waals surface area contributed by atoms with Gasteiger partial charge in [-0.3, -0.25) is 0 Å². The van der Waals surface area contributed by atoms with Crippen molar-refractivity contribution in [1.82, 2.24) is 4.98 Å². The van der Waals surface area contributed by atoms with Crippen molar-refractivity contribution < 1.29 is 4.39 Å². The molecule has 1 N–H and O–H groups in total. The summed E-state index contributed by atoms with van der Waals surface area (Å²) in [6.07, 6.45) is 7.53. The zero-order valence-corrected chi connectivity index (χ0v) is 6.19. The first-order valence-corrected chi connectivity index (χ1v) is 3.47. The van der Waals surface area contributed by atoms with Crippen LogP contribution in [0, 0.1) is 24.4 Å². The molecule has 0 saturated carbocycles. The van der Waals surface area contributed by atoms with Gasteiger partial charge in [0.05, 0.1) is 0 Å². The molecular weight excluding hydrogens is 153 g/mol. The maximum Gasteiger partial charge on any atom is 0.158 e. The van der Waals surface area contributed by atoms with E-state index in [1.807, 2.05) is 0 Å². The molecule has 12 heavy (non-hydrogen) atoms. The van der Waals surface area contributed by atoms with Crippen molar-refractivity contribution in [2.75, 3.05) is 0 Å². The predicted molar refractivity (Wildman–Crippen MR) is 45.0 cm³/mol. The average Bonchev–Trinajstić information content (AvgIpc) is 2.47. The van der Waals surface area contributed by atoms with E-state index in [4.69, 9.17) is 6.42 Å². The molecule has 57 valence electrons. The van der Waals surface area contributed by atoms with Crippen molar-refractivity contribution in [2.24, 2.45) is 0 Å². The molecule has 1 aromatic carbocycles. The predicted octanol–water partition coefficient (Wildman–Crippen LogP) is 2.09. The third-order valence-corrected chi connectivity index (χ3v) is 1.73. The normalized spacial score (nSPS) is 10.0. The molecule has 2 rings (SSSR count). The number of hydrogen-bond donors (Lipinski definition) is 1. The maximum atomic E-state index is 12.9. The number of benzene rings is 1. The molecule has 1 nitrogen and oxygen atoms in total. The summed E-state index contributed by atoms with van der Waals surface area (Å²) in [6.45, 7) is 0. The van der Waals surface area contributed by atoms with Crippen molar-refractivity contribution in [3.05, 3.63) is 35.8 Å². The molecule has 0 unspecified atom stereocenters. The molecular formula is C10H5FN. The van der Waals surface area contributed by atoms with Crippen LogP contribution in [0.1, 0.15) is 5.56 Å². The number of aromatic amines is 1. The lowest BCUT2D eigenvalue weighted by Crippen LogP contribution is -1.74. The van der Waals surface area contributed by atoms with Crippen LogP contribution in [-0.2, 0) is 0 Å². The Morgan fingerprint density at radius 2 is 2.33 bits per heavy atom. The number of H-pyrrole nitrogens is 1. The first-order chi connectivity index (χ1) is 5.81. The quantitative estimate of drug-likeness (QED) is 0.565. The van der Waals surface area contributed by atoms with Gasteiger partial charge < -0.3 is 4.98 Å². The van der Waals surface area contributed by atoms with Gasteiger partial charge in [0.25, 0.3) is 0 Å². The minimum Gasteiger partial charge on any atom is -0.351 e. The minimum absolute atomic E-state index is 0.387. The Hall–Kier alpha value is -1.75. The number of nitrogens with one attached hydrogen (secondary N) is 1. The van der Waals surface area contributed by atoms with Gasteiger partial charge in [-0.1, -0.05) is 5.92 Å². The summed E-state index contributed by atoms with van der Waals surface area (Å²) in [4.78, 5) is 2.67. The largest absolute Gasteiger partial charge is 0.351 e. The summed E-state index contributed by atoms with van der Waals surface area (Å²) in [5.41, 5.74) is 1.39. The second-order valence-electron chi connectivity index (χ2n) is 2.47. The number of hydrogen-bond acceptors (Lipinski definition) is 0. The highest BCUT2D eigenvalue weighted by Crippen LogP contribution is 2.17. The molecule has 0 spiro atoms. The molecule has 2 heteroatoms. The van der Waals surface area contributed by atoms with Gasteiger partial charge in [0.1, 0.15) is 6.20 Å². The van der Waals surface area contributed by atoms with Crippen LogP contribution >= 0.6 is 0 Å². The fourth-order valence-electron chi connectivity index (χ4n) is 1.11. The van der Waals surface area contributed by atoms with E-state index in [1.54, 1.807) is 18.2 Å². The van der Waals surface area contributed by atoms with Crippen molar-refractivity contribution in [2.45, 2.75) is 0 Å². The molecule has 0 saturated heterocycles. The topological polar surface area (TPSA) is 15.8 Å². The Kier molecular flexibility index (Phi) is 1.38. The molecule has 0 atom stereocenters. The van der Waals surface area contributed by atoms with Crippen molar-refractivity contribution in [3.63, 3.8) is 0 Å². The number of fused-ring (bicyclic) bond motifs is 1. The smallest absolute Gasteiger partial charge is 0.158 e. The minimum atomic E-state index is -0.387. The van der Waals surface area contributed by atoms with Gasteiger partial charge in [0, 0.05) is 16.5 Å². The van der Waals surface area contributed by atoms with E-state index in [-0.39, 0.29) is 5.82 Å². The Morgan fingerprint density at radius 3 is 3.08 bits per heavy atom. The standard InChI is InChI=1S/C10H5FN/c1-2-7-3-4-10-8(5-7)9(11)6-12-10/h1,3-5,12H. The Balaban J connectivity index is 2.82. The van der Waals surface area contributed by atoms with E-state index in [0.717, 1.165) is 0 Å². The lowest BCUT2D eigenvalue weighted by atomic mass is 10.2. The number of rotatable bonds is 0. The lowest BCUT2D eigenvalue weighted by Gasteiger charge is -1.90. The fraction of sp³-hybridized carbons (Fsp3) is 0. The lowest BCUT2D eigenvalue weighted by molar-refractivity contribution is 0.637. The second-order valence-corrected chi connectivity index (χ2v) is 2.47. The summed E-state index contributed by atoms with van der Waals surface area (Å²) >= 11 is 0. The summed E-state index contributed by atoms with van der Waals surface area (Å²) in [6, 6.07) is 5.12. The molecule has 1 radical (unpaired) electrons. The van der Waals surface area contributed by atoms with Crippen molar-refractivity contribution in [3.8, 4) is 12.3 Å². The summed E-state index contributed by atoms with van der Waals surface area (Å²) < 4.78 is 12.9. The van der Waals surface area contributed by atoms with E-state index in [9.17, 15) is 4.39 Å². The monoisotopic (exact) mass is 158 g/mol. The highest BCUT2D eigenvalue weighted by molar-refractivity contribution is 5.81. The van der Waals surface area contributed by atoms with E-state index < -0.39 is 0 Å². The molecule has 2 aromatic rings. The first kappa shape index (κ1) is 6.93. The molecule has 1 heterocycles. The molecule has 0 fully saturated rings. The zero-order chi connectivity index (χ0) is 8.55. The molecule has 0 bridgehead atoms. The third-order valence-electron chi connectivity index (χ3n) is 1.73. The number of aromatic nitrogens is 1. The Morgan fingerprint density at radius 1 is 1.50 bits per heavy atom. The van der Waals surface area contributed by atoms with Gasteiger partial charge in [-0.15, -0.1) is 6.42 Å². The van der Waals surface area contributed by atoms with Crippen LogP contribution in [0.15, 0.2) is 18.2 Å². The van der Waals surface area contributed by atoms with E-state index in [0.29, 0.717) is 16.5 Å². The molecule has 0 amide bonds. The Bertz CT molecular complexity index is 462. The zero-order valence-electron chi connectivity index (χ0n) is 6.19. The van der Waals surface area contributed by atoms with Gasteiger partial charge >= 0.3 is 0 Å². The fourth-order valence-corrected chi connectivity index (χ4v) is 1.11. The van der Waals surface area contributed by atoms with Crippen molar-refractivity contribution >= 4 is 10.9 Å². The van der Waals surface area contributed by atoms with E-state index in [2.05, 4.69) is 17.1 Å². The van der Waals surface area contributed by atoms with Gasteiger partial charge in [0.2, 0.25) is 0 Å². The van der Waals surface area contributed by atoms with Crippen LogP contribution in [0.5, 0.6) is 0 Å². The van der Waals surface area contributed by atoms with Crippen LogP contribution in [0.2, 0.25) is 0 Å². The first-order valence-electron chi connectivity index (χ1n) is 3.47. The van der Waals surface area contributed by atoms with Crippen LogP contribution in [0.4, 0.5) is 4.39 Å². The van der Waals surface area contributed by atoms with Gasteiger partial charge in [-0.05, 0) is 18.2 Å². The number of terminal acetylenes is 1. The van der Waals surface area contributed by atoms with Crippen LogP contribution in [0.3, 0.4) is 0 Å². The summed E-state index contributed by atoms with van der Waals surface area (Å²) in [7, 11) is 0. The highest BCUT2D eigenvalue weighted by Gasteiger charge is 2.02. The molecule has 0 aliphatic heterocycles. The second kappa shape index (κ2) is 2.38. The Labute approximate surface area is 69.2 Å². The van der Waals surface area contributed by atoms with Crippen LogP contribution in [-0.4, -0.2) is 4.98 Å². The molecule has 1 aromatic heterocycles. The van der Waals surface area contributed by atoms with Gasteiger partial charge in [-0.2, -0.15) is 0 Å². The van der Waals surface area contributed by atoms with Crippen molar-refractivity contribution in [1.29, 1.82) is 0 Å². The highest BCUT2D eigenvalue weighted by atomic mass is 19.1. The van der Waals surface area contributed by atoms with Crippen LogP contribution < -0.4 is 0 Å². The van der Waals surface area contributed by atoms with E-state index >= 15 is 0 Å². The van der Waals surface area contributed by atoms with E-state index in [1.165, 1.54) is 0 Å². The SMILES string of the molecule is C#Cc1ccc2[nH][c]c(F)c2c1. The van der Waals surface area contributed by atoms with Gasteiger partial charge in [0.15, 0.2) is 5.82 Å². The molecule has 0 aliphatic rings. The summed E-state index contributed by atoms with van der Waals surface area (Å²) in [5, 5.41) is 0.491. The number of halogens is 1. The van der Waals surface area contributed by atoms with Gasteiger partial charge in [-0.25, -0.2) is 4.39 Å². The maximum absolute atomic E-state index is 12.9. The van der Waals surface area contributed by atoms with Crippen LogP contribution in [0.25, 0.3) is 10.9 Å². The molecule has 0 aliphatic carbocycles.